The molecule has 1 heterocycles. The van der Waals surface area contributed by atoms with Gasteiger partial charge in [-0.15, -0.1) is 0 Å². The molecule has 12 heteroatoms. The van der Waals surface area contributed by atoms with Gasteiger partial charge in [-0.05, 0) is 68.7 Å². The van der Waals surface area contributed by atoms with Gasteiger partial charge in [0.05, 0.1) is 38.6 Å². The first-order valence-electron chi connectivity index (χ1n) is 14.2. The number of carbonyl (C=O) groups is 1. The summed E-state index contributed by atoms with van der Waals surface area (Å²) >= 11 is 0. The molecule has 0 aliphatic heterocycles. The number of hydrogen-bond donors (Lipinski definition) is 2. The van der Waals surface area contributed by atoms with Gasteiger partial charge in [0, 0.05) is 24.2 Å². The summed E-state index contributed by atoms with van der Waals surface area (Å²) in [5.41, 5.74) is -0.673. The fraction of sp³-hybridized carbons (Fsp3) is 0.438. The summed E-state index contributed by atoms with van der Waals surface area (Å²) in [7, 11) is 0. The lowest BCUT2D eigenvalue weighted by molar-refractivity contribution is -0.138. The number of rotatable bonds is 17. The summed E-state index contributed by atoms with van der Waals surface area (Å²) in [6, 6.07) is 15.0. The van der Waals surface area contributed by atoms with Gasteiger partial charge in [0.15, 0.2) is 5.60 Å². The smallest absolute Gasteiger partial charge is 0.417 e. The lowest BCUT2D eigenvalue weighted by Gasteiger charge is -2.31. The molecule has 0 saturated heterocycles. The molecule has 0 bridgehead atoms. The maximum absolute atomic E-state index is 13.6. The molecule has 1 amide bonds. The van der Waals surface area contributed by atoms with Crippen molar-refractivity contribution >= 4 is 5.91 Å². The number of aliphatic hydroxyl groups excluding tert-OH is 1. The minimum Gasteiger partial charge on any atom is -0.491 e. The number of carbonyl (C=O) groups excluding carboxylic acids is 1. The van der Waals surface area contributed by atoms with Gasteiger partial charge in [-0.25, -0.2) is 9.37 Å². The van der Waals surface area contributed by atoms with Crippen molar-refractivity contribution < 1.29 is 46.4 Å². The number of alkyl halides is 3. The number of aliphatic hydroxyl groups is 1. The molecule has 3 aromatic rings. The Morgan fingerprint density at radius 3 is 2.27 bits per heavy atom. The monoisotopic (exact) mass is 622 g/mol. The molecule has 8 nitrogen and oxygen atoms in total. The number of benzene rings is 2. The first-order chi connectivity index (χ1) is 20.9. The van der Waals surface area contributed by atoms with Gasteiger partial charge in [-0.3, -0.25) is 4.79 Å². The highest BCUT2D eigenvalue weighted by Gasteiger charge is 2.34. The van der Waals surface area contributed by atoms with Gasteiger partial charge < -0.3 is 29.4 Å². The average molecular weight is 623 g/mol. The zero-order valence-corrected chi connectivity index (χ0v) is 24.9. The van der Waals surface area contributed by atoms with Gasteiger partial charge >= 0.3 is 6.18 Å². The predicted molar refractivity (Wildman–Crippen MR) is 155 cm³/mol. The van der Waals surface area contributed by atoms with Crippen molar-refractivity contribution in [1.29, 1.82) is 0 Å². The summed E-state index contributed by atoms with van der Waals surface area (Å²) in [5.74, 6) is -0.654. The highest BCUT2D eigenvalue weighted by molar-refractivity contribution is 5.85. The van der Waals surface area contributed by atoms with Crippen molar-refractivity contribution in [2.24, 2.45) is 0 Å². The van der Waals surface area contributed by atoms with Crippen LogP contribution in [0.3, 0.4) is 0 Å². The number of halogens is 4. The summed E-state index contributed by atoms with van der Waals surface area (Å²) in [4.78, 5) is 17.0. The molecule has 1 aromatic heterocycles. The Hall–Kier alpha value is -3.74. The second-order valence-corrected chi connectivity index (χ2v) is 10.6. The van der Waals surface area contributed by atoms with E-state index < -0.39 is 29.3 Å². The Kier molecular flexibility index (Phi) is 12.9. The number of amides is 1. The maximum Gasteiger partial charge on any atom is 0.417 e. The number of nitrogens with one attached hydrogen (secondary N) is 1. The van der Waals surface area contributed by atoms with E-state index in [2.05, 4.69) is 10.3 Å². The zero-order valence-electron chi connectivity index (χ0n) is 24.9. The number of ether oxygens (including phenoxy) is 4. The van der Waals surface area contributed by atoms with E-state index in [4.69, 9.17) is 24.1 Å². The SMILES string of the molecule is CC(NC(=O)C(C)(C)Oc1ccc(C(F)(F)F)cn1)C(Cc1ccc(F)cc1)c1cccc(OCCOCCOCCO)c1. The molecule has 2 unspecified atom stereocenters. The summed E-state index contributed by atoms with van der Waals surface area (Å²) in [6.45, 7) is 6.41. The largest absolute Gasteiger partial charge is 0.491 e. The first-order valence-corrected chi connectivity index (χ1v) is 14.2. The molecule has 44 heavy (non-hydrogen) atoms. The molecule has 0 aliphatic carbocycles. The highest BCUT2D eigenvalue weighted by Crippen LogP contribution is 2.31. The molecule has 2 N–H and O–H groups in total. The van der Waals surface area contributed by atoms with Crippen LogP contribution in [-0.2, 0) is 26.9 Å². The predicted octanol–water partition coefficient (Wildman–Crippen LogP) is 5.33. The van der Waals surface area contributed by atoms with E-state index in [0.29, 0.717) is 44.8 Å². The minimum absolute atomic E-state index is 0.0460. The van der Waals surface area contributed by atoms with Crippen molar-refractivity contribution in [3.8, 4) is 11.6 Å². The molecule has 0 spiro atoms. The highest BCUT2D eigenvalue weighted by atomic mass is 19.4. The summed E-state index contributed by atoms with van der Waals surface area (Å²) in [6.07, 6.45) is -3.43. The van der Waals surface area contributed by atoms with Crippen molar-refractivity contribution in [2.45, 2.75) is 50.9 Å². The molecular weight excluding hydrogens is 584 g/mol. The third kappa shape index (κ3) is 11.1. The van der Waals surface area contributed by atoms with Crippen LogP contribution >= 0.6 is 0 Å². The van der Waals surface area contributed by atoms with Gasteiger partial charge in [-0.2, -0.15) is 13.2 Å². The standard InChI is InChI=1S/C32H38F4N2O6/c1-22(38-30(40)31(2,3)44-29-12-9-25(21-37-29)32(34,35)36)28(19-23-7-10-26(33)11-8-23)24-5-4-6-27(20-24)43-18-17-42-16-15-41-14-13-39/h4-12,20-22,28,39H,13-19H2,1-3H3,(H,38,40). The van der Waals surface area contributed by atoms with Crippen LogP contribution in [-0.4, -0.2) is 67.3 Å². The quantitative estimate of drug-likeness (QED) is 0.155. The second-order valence-electron chi connectivity index (χ2n) is 10.6. The van der Waals surface area contributed by atoms with E-state index in [0.717, 1.165) is 23.3 Å². The van der Waals surface area contributed by atoms with Crippen LogP contribution < -0.4 is 14.8 Å². The van der Waals surface area contributed by atoms with E-state index in [-0.39, 0.29) is 30.8 Å². The molecule has 2 aromatic carbocycles. The van der Waals surface area contributed by atoms with Crippen LogP contribution in [0, 0.1) is 5.82 Å². The normalized spacial score (nSPS) is 13.3. The molecule has 240 valence electrons. The van der Waals surface area contributed by atoms with Crippen LogP contribution in [0.15, 0.2) is 66.9 Å². The molecule has 2 atom stereocenters. The van der Waals surface area contributed by atoms with Gasteiger partial charge in [0.2, 0.25) is 5.88 Å². The van der Waals surface area contributed by atoms with Crippen molar-refractivity contribution in [3.63, 3.8) is 0 Å². The number of pyridine rings is 1. The van der Waals surface area contributed by atoms with Gasteiger partial charge in [0.25, 0.3) is 5.91 Å². The lowest BCUT2D eigenvalue weighted by atomic mass is 9.86. The van der Waals surface area contributed by atoms with Gasteiger partial charge in [0.1, 0.15) is 18.2 Å². The number of hydrogen-bond acceptors (Lipinski definition) is 7. The fourth-order valence-corrected chi connectivity index (χ4v) is 4.29. The number of nitrogens with zero attached hydrogens (tertiary/aromatic N) is 1. The van der Waals surface area contributed by atoms with Crippen LogP contribution in [0.4, 0.5) is 17.6 Å². The van der Waals surface area contributed by atoms with E-state index in [9.17, 15) is 22.4 Å². The molecular formula is C32H38F4N2O6. The third-order valence-corrected chi connectivity index (χ3v) is 6.69. The molecule has 3 rings (SSSR count). The van der Waals surface area contributed by atoms with E-state index >= 15 is 0 Å². The molecule has 0 saturated carbocycles. The molecule has 0 aliphatic rings. The Balaban J connectivity index is 1.69. The van der Waals surface area contributed by atoms with E-state index in [1.807, 2.05) is 25.1 Å². The maximum atomic E-state index is 13.6. The molecule has 0 radical (unpaired) electrons. The van der Waals surface area contributed by atoms with Gasteiger partial charge in [-0.1, -0.05) is 24.3 Å². The van der Waals surface area contributed by atoms with Crippen LogP contribution in [0.25, 0.3) is 0 Å². The van der Waals surface area contributed by atoms with Crippen molar-refractivity contribution in [3.05, 3.63) is 89.4 Å². The Bertz CT molecular complexity index is 1300. The Labute approximate surface area is 254 Å². The Morgan fingerprint density at radius 2 is 1.64 bits per heavy atom. The van der Waals surface area contributed by atoms with Crippen LogP contribution in [0.5, 0.6) is 11.6 Å². The third-order valence-electron chi connectivity index (χ3n) is 6.69. The topological polar surface area (TPSA) is 99.1 Å². The second kappa shape index (κ2) is 16.4. The molecule has 0 fully saturated rings. The summed E-state index contributed by atoms with van der Waals surface area (Å²) < 4.78 is 74.4. The fourth-order valence-electron chi connectivity index (χ4n) is 4.29. The van der Waals surface area contributed by atoms with Crippen LogP contribution in [0.1, 0.15) is 43.4 Å². The van der Waals surface area contributed by atoms with E-state index in [1.165, 1.54) is 26.0 Å². The van der Waals surface area contributed by atoms with Crippen molar-refractivity contribution in [2.75, 3.05) is 39.6 Å². The zero-order chi connectivity index (χ0) is 32.2. The van der Waals surface area contributed by atoms with Crippen LogP contribution in [0.2, 0.25) is 0 Å². The number of aromatic nitrogens is 1. The van der Waals surface area contributed by atoms with E-state index in [1.54, 1.807) is 18.2 Å². The first kappa shape index (κ1) is 34.7. The summed E-state index contributed by atoms with van der Waals surface area (Å²) in [5, 5.41) is 11.7. The Morgan fingerprint density at radius 1 is 0.955 bits per heavy atom. The average Bonchev–Trinajstić information content (AvgIpc) is 2.98. The lowest BCUT2D eigenvalue weighted by Crippen LogP contribution is -2.51. The van der Waals surface area contributed by atoms with Crippen molar-refractivity contribution in [1.82, 2.24) is 10.3 Å². The minimum atomic E-state index is -4.54.